The van der Waals surface area contributed by atoms with Crippen LogP contribution >= 0.6 is 0 Å². The van der Waals surface area contributed by atoms with E-state index in [1.807, 2.05) is 17.9 Å². The van der Waals surface area contributed by atoms with Gasteiger partial charge in [-0.05, 0) is 19.9 Å². The molecule has 1 atom stereocenters. The molecule has 2 heterocycles. The molecule has 0 amide bonds. The zero-order valence-electron chi connectivity index (χ0n) is 8.44. The number of ether oxygens (including phenoxy) is 1. The van der Waals surface area contributed by atoms with E-state index in [9.17, 15) is 0 Å². The third-order valence-electron chi connectivity index (χ3n) is 2.36. The molecule has 1 aliphatic heterocycles. The molecule has 2 rings (SSSR count). The fraction of sp³-hybridized carbons (Fsp3) is 0.778. The highest BCUT2D eigenvalue weighted by atomic mass is 16.5. The number of rotatable bonds is 4. The van der Waals surface area contributed by atoms with E-state index in [1.54, 1.807) is 0 Å². The van der Waals surface area contributed by atoms with E-state index in [-0.39, 0.29) is 0 Å². The third kappa shape index (κ3) is 2.30. The molecule has 14 heavy (non-hydrogen) atoms. The van der Waals surface area contributed by atoms with Gasteiger partial charge in [-0.3, -0.25) is 0 Å². The number of hydrogen-bond acceptors (Lipinski definition) is 4. The molecule has 0 saturated carbocycles. The van der Waals surface area contributed by atoms with Crippen LogP contribution in [-0.2, 0) is 17.8 Å². The number of hydrogen-bond donors (Lipinski definition) is 1. The van der Waals surface area contributed by atoms with Crippen LogP contribution in [0.4, 0.5) is 0 Å². The van der Waals surface area contributed by atoms with Crippen LogP contribution in [0.1, 0.15) is 18.5 Å². The molecule has 1 aromatic rings. The molecule has 0 radical (unpaired) electrons. The molecule has 0 spiro atoms. The molecule has 1 saturated heterocycles. The Morgan fingerprint density at radius 1 is 1.71 bits per heavy atom. The van der Waals surface area contributed by atoms with Crippen LogP contribution in [0, 0.1) is 0 Å². The third-order valence-corrected chi connectivity index (χ3v) is 2.36. The molecule has 5 heteroatoms. The molecular formula is C9H16N4O. The Bertz CT molecular complexity index is 280. The minimum absolute atomic E-state index is 0.333. The lowest BCUT2D eigenvalue weighted by Crippen LogP contribution is -2.15. The van der Waals surface area contributed by atoms with Crippen LogP contribution in [0.2, 0.25) is 0 Å². The second-order valence-electron chi connectivity index (χ2n) is 3.60. The average Bonchev–Trinajstić information content (AvgIpc) is 2.79. The quantitative estimate of drug-likeness (QED) is 0.746. The summed E-state index contributed by atoms with van der Waals surface area (Å²) in [5.74, 6) is 0. The lowest BCUT2D eigenvalue weighted by Gasteiger charge is -2.07. The Balaban J connectivity index is 1.88. The molecule has 0 bridgehead atoms. The molecule has 0 aliphatic carbocycles. The molecule has 1 aromatic heterocycles. The van der Waals surface area contributed by atoms with E-state index in [0.29, 0.717) is 6.10 Å². The zero-order valence-corrected chi connectivity index (χ0v) is 8.44. The van der Waals surface area contributed by atoms with Crippen molar-refractivity contribution in [3.05, 3.63) is 11.9 Å². The van der Waals surface area contributed by atoms with Crippen LogP contribution < -0.4 is 5.32 Å². The van der Waals surface area contributed by atoms with Crippen molar-refractivity contribution in [1.82, 2.24) is 20.3 Å². The lowest BCUT2D eigenvalue weighted by atomic mass is 10.2. The Kier molecular flexibility index (Phi) is 3.10. The van der Waals surface area contributed by atoms with E-state index in [2.05, 4.69) is 15.6 Å². The van der Waals surface area contributed by atoms with Crippen LogP contribution in [0.25, 0.3) is 0 Å². The minimum atomic E-state index is 0.333. The predicted octanol–water partition coefficient (Wildman–Crippen LogP) is 0.176. The molecule has 1 aliphatic rings. The van der Waals surface area contributed by atoms with Crippen molar-refractivity contribution in [3.8, 4) is 0 Å². The highest BCUT2D eigenvalue weighted by Crippen LogP contribution is 2.13. The van der Waals surface area contributed by atoms with Gasteiger partial charge in [-0.2, -0.15) is 0 Å². The summed E-state index contributed by atoms with van der Waals surface area (Å²) in [6.07, 6.45) is 4.61. The van der Waals surface area contributed by atoms with Crippen molar-refractivity contribution < 1.29 is 4.74 Å². The van der Waals surface area contributed by atoms with Crippen molar-refractivity contribution >= 4 is 0 Å². The molecule has 5 nitrogen and oxygen atoms in total. The van der Waals surface area contributed by atoms with Gasteiger partial charge in [0.05, 0.1) is 18.3 Å². The summed E-state index contributed by atoms with van der Waals surface area (Å²) in [6, 6.07) is 0. The fourth-order valence-corrected chi connectivity index (χ4v) is 1.69. The number of nitrogens with zero attached hydrogens (tertiary/aromatic N) is 3. The molecule has 78 valence electrons. The zero-order chi connectivity index (χ0) is 9.80. The van der Waals surface area contributed by atoms with E-state index >= 15 is 0 Å². The van der Waals surface area contributed by atoms with Crippen LogP contribution in [0.5, 0.6) is 0 Å². The van der Waals surface area contributed by atoms with Crippen molar-refractivity contribution in [1.29, 1.82) is 0 Å². The normalized spacial score (nSPS) is 21.6. The summed E-state index contributed by atoms with van der Waals surface area (Å²) < 4.78 is 7.39. The standard InChI is InChI=1S/C9H16N4O/c1-10-5-8-6-13(12-11-8)7-9-3-2-4-14-9/h6,9-10H,2-5,7H2,1H3. The van der Waals surface area contributed by atoms with Gasteiger partial charge in [-0.15, -0.1) is 5.10 Å². The molecule has 1 unspecified atom stereocenters. The van der Waals surface area contributed by atoms with Crippen LogP contribution in [0.15, 0.2) is 6.20 Å². The second kappa shape index (κ2) is 4.52. The maximum Gasteiger partial charge on any atom is 0.0964 e. The summed E-state index contributed by atoms with van der Waals surface area (Å²) in [7, 11) is 1.90. The van der Waals surface area contributed by atoms with E-state index < -0.39 is 0 Å². The largest absolute Gasteiger partial charge is 0.376 e. The van der Waals surface area contributed by atoms with Gasteiger partial charge in [0.2, 0.25) is 0 Å². The molecule has 0 aromatic carbocycles. The first kappa shape index (κ1) is 9.61. The lowest BCUT2D eigenvalue weighted by molar-refractivity contribution is 0.0935. The van der Waals surface area contributed by atoms with Gasteiger partial charge in [-0.1, -0.05) is 5.21 Å². The molecular weight excluding hydrogens is 180 g/mol. The number of nitrogens with one attached hydrogen (secondary N) is 1. The van der Waals surface area contributed by atoms with Crippen molar-refractivity contribution in [3.63, 3.8) is 0 Å². The Morgan fingerprint density at radius 2 is 2.64 bits per heavy atom. The molecule has 1 fully saturated rings. The highest BCUT2D eigenvalue weighted by molar-refractivity contribution is 4.91. The van der Waals surface area contributed by atoms with E-state index in [4.69, 9.17) is 4.74 Å². The van der Waals surface area contributed by atoms with Gasteiger partial charge >= 0.3 is 0 Å². The fourth-order valence-electron chi connectivity index (χ4n) is 1.69. The Hall–Kier alpha value is -0.940. The van der Waals surface area contributed by atoms with Crippen molar-refractivity contribution in [2.75, 3.05) is 13.7 Å². The first-order chi connectivity index (χ1) is 6.88. The summed E-state index contributed by atoms with van der Waals surface area (Å²) >= 11 is 0. The van der Waals surface area contributed by atoms with Gasteiger partial charge in [0, 0.05) is 19.3 Å². The van der Waals surface area contributed by atoms with Gasteiger partial charge < -0.3 is 10.1 Å². The highest BCUT2D eigenvalue weighted by Gasteiger charge is 2.16. The number of aromatic nitrogens is 3. The van der Waals surface area contributed by atoms with E-state index in [0.717, 1.165) is 31.8 Å². The van der Waals surface area contributed by atoms with Crippen LogP contribution in [-0.4, -0.2) is 34.8 Å². The Labute approximate surface area is 83.4 Å². The maximum atomic E-state index is 5.52. The Morgan fingerprint density at radius 3 is 3.36 bits per heavy atom. The van der Waals surface area contributed by atoms with Gasteiger partial charge in [0.15, 0.2) is 0 Å². The first-order valence-electron chi connectivity index (χ1n) is 5.03. The first-order valence-corrected chi connectivity index (χ1v) is 5.03. The SMILES string of the molecule is CNCc1cn(CC2CCCO2)nn1. The van der Waals surface area contributed by atoms with Gasteiger partial charge in [0.1, 0.15) is 0 Å². The van der Waals surface area contributed by atoms with Crippen molar-refractivity contribution in [2.24, 2.45) is 0 Å². The van der Waals surface area contributed by atoms with E-state index in [1.165, 1.54) is 6.42 Å². The molecule has 1 N–H and O–H groups in total. The summed E-state index contributed by atoms with van der Waals surface area (Å²) in [6.45, 7) is 2.49. The topological polar surface area (TPSA) is 52.0 Å². The average molecular weight is 196 g/mol. The predicted molar refractivity (Wildman–Crippen MR) is 51.8 cm³/mol. The summed E-state index contributed by atoms with van der Waals surface area (Å²) in [4.78, 5) is 0. The maximum absolute atomic E-state index is 5.52. The van der Waals surface area contributed by atoms with Gasteiger partial charge in [0.25, 0.3) is 0 Å². The summed E-state index contributed by atoms with van der Waals surface area (Å²) in [5, 5.41) is 11.1. The monoisotopic (exact) mass is 196 g/mol. The smallest absolute Gasteiger partial charge is 0.0964 e. The van der Waals surface area contributed by atoms with Crippen molar-refractivity contribution in [2.45, 2.75) is 32.0 Å². The minimum Gasteiger partial charge on any atom is -0.376 e. The summed E-state index contributed by atoms with van der Waals surface area (Å²) in [5.41, 5.74) is 0.977. The second-order valence-corrected chi connectivity index (χ2v) is 3.60. The van der Waals surface area contributed by atoms with Crippen LogP contribution in [0.3, 0.4) is 0 Å². The van der Waals surface area contributed by atoms with Gasteiger partial charge in [-0.25, -0.2) is 4.68 Å².